The average molecular weight is 391 g/mol. The van der Waals surface area contributed by atoms with Crippen molar-refractivity contribution in [3.05, 3.63) is 77.2 Å². The molecule has 1 N–H and O–H groups in total. The predicted molar refractivity (Wildman–Crippen MR) is 107 cm³/mol. The number of benzene rings is 2. The van der Waals surface area contributed by atoms with Crippen molar-refractivity contribution in [3.63, 3.8) is 0 Å². The molecule has 7 nitrogen and oxygen atoms in total. The van der Waals surface area contributed by atoms with E-state index in [4.69, 9.17) is 18.3 Å². The number of rotatable bonds is 6. The van der Waals surface area contributed by atoms with Crippen LogP contribution in [-0.4, -0.2) is 19.6 Å². The van der Waals surface area contributed by atoms with Gasteiger partial charge in [-0.1, -0.05) is 0 Å². The molecule has 7 heteroatoms. The van der Waals surface area contributed by atoms with Gasteiger partial charge in [-0.15, -0.1) is 0 Å². The summed E-state index contributed by atoms with van der Waals surface area (Å²) in [6, 6.07) is 16.6. The molecule has 0 saturated heterocycles. The van der Waals surface area contributed by atoms with E-state index in [9.17, 15) is 9.59 Å². The molecular weight excluding hydrogens is 374 g/mol. The minimum absolute atomic E-state index is 0.201. The van der Waals surface area contributed by atoms with Crippen LogP contribution >= 0.6 is 0 Å². The van der Waals surface area contributed by atoms with Crippen LogP contribution in [0.3, 0.4) is 0 Å². The van der Waals surface area contributed by atoms with E-state index in [1.165, 1.54) is 12.3 Å². The van der Waals surface area contributed by atoms with Crippen molar-refractivity contribution in [1.82, 2.24) is 0 Å². The smallest absolute Gasteiger partial charge is 0.262 e. The van der Waals surface area contributed by atoms with Gasteiger partial charge in [0.1, 0.15) is 17.1 Å². The van der Waals surface area contributed by atoms with Crippen LogP contribution in [0.5, 0.6) is 11.5 Å². The summed E-state index contributed by atoms with van der Waals surface area (Å²) in [6.45, 7) is -0.201. The molecule has 4 rings (SSSR count). The molecule has 0 atom stereocenters. The third-order valence-corrected chi connectivity index (χ3v) is 4.21. The highest BCUT2D eigenvalue weighted by atomic mass is 16.5. The van der Waals surface area contributed by atoms with Crippen LogP contribution in [0.15, 0.2) is 80.6 Å². The molecule has 0 fully saturated rings. The average Bonchev–Trinajstić information content (AvgIpc) is 3.28. The second-order valence-electron chi connectivity index (χ2n) is 6.18. The van der Waals surface area contributed by atoms with E-state index in [-0.39, 0.29) is 17.9 Å². The van der Waals surface area contributed by atoms with E-state index in [2.05, 4.69) is 5.32 Å². The van der Waals surface area contributed by atoms with Crippen LogP contribution in [0.25, 0.3) is 22.5 Å². The monoisotopic (exact) mass is 391 g/mol. The largest absolute Gasteiger partial charge is 0.497 e. The molecule has 0 aliphatic carbocycles. The fourth-order valence-corrected chi connectivity index (χ4v) is 2.79. The van der Waals surface area contributed by atoms with Gasteiger partial charge in [0, 0.05) is 11.8 Å². The van der Waals surface area contributed by atoms with E-state index in [0.717, 1.165) is 0 Å². The Morgan fingerprint density at radius 2 is 1.79 bits per heavy atom. The van der Waals surface area contributed by atoms with Gasteiger partial charge in [-0.05, 0) is 54.6 Å². The van der Waals surface area contributed by atoms with Gasteiger partial charge in [-0.2, -0.15) is 0 Å². The number of amides is 1. The third-order valence-electron chi connectivity index (χ3n) is 4.21. The molecule has 0 radical (unpaired) electrons. The zero-order valence-corrected chi connectivity index (χ0v) is 15.5. The highest BCUT2D eigenvalue weighted by Crippen LogP contribution is 2.25. The fraction of sp³-hybridized carbons (Fsp3) is 0.0909. The molecule has 0 saturated carbocycles. The highest BCUT2D eigenvalue weighted by Gasteiger charge is 2.11. The number of ether oxygens (including phenoxy) is 2. The number of carbonyl (C=O) groups is 1. The topological polar surface area (TPSA) is 90.9 Å². The third kappa shape index (κ3) is 4.14. The lowest BCUT2D eigenvalue weighted by Gasteiger charge is -2.09. The van der Waals surface area contributed by atoms with Crippen molar-refractivity contribution in [2.45, 2.75) is 0 Å². The minimum atomic E-state index is -0.324. The van der Waals surface area contributed by atoms with Crippen LogP contribution in [0.4, 0.5) is 5.69 Å². The normalized spacial score (nSPS) is 10.7. The van der Waals surface area contributed by atoms with Crippen LogP contribution in [0, 0.1) is 0 Å². The lowest BCUT2D eigenvalue weighted by molar-refractivity contribution is -0.118. The van der Waals surface area contributed by atoms with Crippen molar-refractivity contribution in [1.29, 1.82) is 0 Å². The number of methoxy groups -OCH3 is 1. The van der Waals surface area contributed by atoms with E-state index < -0.39 is 0 Å². The van der Waals surface area contributed by atoms with Gasteiger partial charge in [-0.3, -0.25) is 9.59 Å². The predicted octanol–water partition coefficient (Wildman–Crippen LogP) is 4.08. The molecule has 1 amide bonds. The molecule has 0 unspecified atom stereocenters. The van der Waals surface area contributed by atoms with Gasteiger partial charge in [0.15, 0.2) is 23.6 Å². The lowest BCUT2D eigenvalue weighted by Crippen LogP contribution is -2.20. The van der Waals surface area contributed by atoms with Gasteiger partial charge in [-0.25, -0.2) is 0 Å². The first-order valence-electron chi connectivity index (χ1n) is 8.81. The molecular formula is C22H17NO6. The Balaban J connectivity index is 1.45. The first-order chi connectivity index (χ1) is 14.1. The zero-order valence-electron chi connectivity index (χ0n) is 15.5. The number of anilines is 1. The summed E-state index contributed by atoms with van der Waals surface area (Å²) in [4.78, 5) is 24.5. The lowest BCUT2D eigenvalue weighted by atomic mass is 10.2. The highest BCUT2D eigenvalue weighted by molar-refractivity contribution is 5.92. The van der Waals surface area contributed by atoms with Gasteiger partial charge in [0.2, 0.25) is 0 Å². The van der Waals surface area contributed by atoms with Gasteiger partial charge >= 0.3 is 0 Å². The number of hydrogen-bond acceptors (Lipinski definition) is 6. The van der Waals surface area contributed by atoms with E-state index in [1.54, 1.807) is 61.7 Å². The summed E-state index contributed by atoms with van der Waals surface area (Å²) >= 11 is 0. The number of nitrogens with one attached hydrogen (secondary N) is 1. The summed E-state index contributed by atoms with van der Waals surface area (Å²) in [5.41, 5.74) is 0.800. The van der Waals surface area contributed by atoms with Gasteiger partial charge < -0.3 is 23.6 Å². The Kier molecular flexibility index (Phi) is 5.03. The first-order valence-corrected chi connectivity index (χ1v) is 8.81. The Hall–Kier alpha value is -4.00. The Morgan fingerprint density at radius 3 is 2.52 bits per heavy atom. The zero-order chi connectivity index (χ0) is 20.2. The van der Waals surface area contributed by atoms with Crippen molar-refractivity contribution in [3.8, 4) is 23.0 Å². The molecule has 29 heavy (non-hydrogen) atoms. The van der Waals surface area contributed by atoms with Crippen molar-refractivity contribution < 1.29 is 23.1 Å². The maximum atomic E-state index is 12.4. The number of fused-ring (bicyclic) bond motifs is 1. The maximum Gasteiger partial charge on any atom is 0.262 e. The molecule has 0 aliphatic rings. The van der Waals surface area contributed by atoms with Crippen molar-refractivity contribution in [2.24, 2.45) is 0 Å². The summed E-state index contributed by atoms with van der Waals surface area (Å²) in [6.07, 6.45) is 1.51. The van der Waals surface area contributed by atoms with Crippen LogP contribution in [0.1, 0.15) is 0 Å². The standard InChI is InChI=1S/C22H17NO6/c1-26-15-6-4-14(5-7-15)23-22(25)13-28-16-8-9-19-17(11-16)18(24)12-21(29-19)20-3-2-10-27-20/h2-12H,13H2,1H3,(H,23,25). The first kappa shape index (κ1) is 18.4. The van der Waals surface area contributed by atoms with Crippen LogP contribution in [-0.2, 0) is 4.79 Å². The molecule has 2 heterocycles. The SMILES string of the molecule is COc1ccc(NC(=O)COc2ccc3oc(-c4ccco4)cc(=O)c3c2)cc1. The van der Waals surface area contributed by atoms with Gasteiger partial charge in [0.25, 0.3) is 5.91 Å². The summed E-state index contributed by atoms with van der Waals surface area (Å²) < 4.78 is 21.6. The molecule has 0 spiro atoms. The van der Waals surface area contributed by atoms with Crippen molar-refractivity contribution in [2.75, 3.05) is 19.0 Å². The fourth-order valence-electron chi connectivity index (χ4n) is 2.79. The van der Waals surface area contributed by atoms with E-state index >= 15 is 0 Å². The molecule has 2 aromatic carbocycles. The number of hydrogen-bond donors (Lipinski definition) is 1. The molecule has 146 valence electrons. The van der Waals surface area contributed by atoms with Crippen LogP contribution in [0.2, 0.25) is 0 Å². The number of carbonyl (C=O) groups excluding carboxylic acids is 1. The Labute approximate surface area is 165 Å². The number of furan rings is 1. The summed E-state index contributed by atoms with van der Waals surface area (Å²) in [7, 11) is 1.57. The van der Waals surface area contributed by atoms with Crippen molar-refractivity contribution >= 4 is 22.6 Å². The van der Waals surface area contributed by atoms with E-state index in [1.807, 2.05) is 0 Å². The molecule has 0 aliphatic heterocycles. The second kappa shape index (κ2) is 7.93. The second-order valence-corrected chi connectivity index (χ2v) is 6.18. The van der Waals surface area contributed by atoms with E-state index in [0.29, 0.717) is 39.7 Å². The Bertz CT molecular complexity index is 1190. The quantitative estimate of drug-likeness (QED) is 0.533. The molecule has 2 aromatic heterocycles. The minimum Gasteiger partial charge on any atom is -0.497 e. The van der Waals surface area contributed by atoms with Crippen LogP contribution < -0.4 is 20.2 Å². The van der Waals surface area contributed by atoms with Gasteiger partial charge in [0.05, 0.1) is 18.8 Å². The maximum absolute atomic E-state index is 12.4. The molecule has 4 aromatic rings. The molecule has 0 bridgehead atoms. The Morgan fingerprint density at radius 1 is 1.00 bits per heavy atom. The summed E-state index contributed by atoms with van der Waals surface area (Å²) in [5, 5.41) is 3.08. The summed E-state index contributed by atoms with van der Waals surface area (Å²) in [5.74, 6) is 1.58.